The third-order valence-electron chi connectivity index (χ3n) is 4.42. The molecule has 1 aromatic heterocycles. The third kappa shape index (κ3) is 3.30. The van der Waals surface area contributed by atoms with E-state index in [1.165, 1.54) is 12.1 Å². The Morgan fingerprint density at radius 2 is 1.52 bits per heavy atom. The zero-order valence-electron chi connectivity index (χ0n) is 14.6. The molecule has 0 atom stereocenters. The SMILES string of the molecule is CNc1ccc2c(Nc3ccc(S(N)(=O)=O)cc3)c3ccccc3nc2c1. The minimum Gasteiger partial charge on any atom is -0.388 e. The molecule has 0 aliphatic carbocycles. The Hall–Kier alpha value is -3.16. The molecular formula is C20H18N4O2S. The van der Waals surface area contributed by atoms with E-state index in [4.69, 9.17) is 10.1 Å². The molecule has 0 spiro atoms. The van der Waals surface area contributed by atoms with Crippen molar-refractivity contribution in [2.75, 3.05) is 17.7 Å². The fraction of sp³-hybridized carbons (Fsp3) is 0.0500. The van der Waals surface area contributed by atoms with Crippen LogP contribution in [0, 0.1) is 0 Å². The Morgan fingerprint density at radius 1 is 0.852 bits per heavy atom. The first-order valence-electron chi connectivity index (χ1n) is 8.36. The minimum atomic E-state index is -3.71. The van der Waals surface area contributed by atoms with E-state index in [1.54, 1.807) is 12.1 Å². The van der Waals surface area contributed by atoms with Crippen molar-refractivity contribution < 1.29 is 8.42 Å². The van der Waals surface area contributed by atoms with Gasteiger partial charge in [0.25, 0.3) is 0 Å². The second kappa shape index (κ2) is 6.53. The van der Waals surface area contributed by atoms with Crippen molar-refractivity contribution in [2.24, 2.45) is 5.14 Å². The molecule has 0 unspecified atom stereocenters. The van der Waals surface area contributed by atoms with Crippen LogP contribution in [-0.4, -0.2) is 20.4 Å². The van der Waals surface area contributed by atoms with Crippen LogP contribution in [0.2, 0.25) is 0 Å². The first-order chi connectivity index (χ1) is 13.0. The van der Waals surface area contributed by atoms with Crippen molar-refractivity contribution in [2.45, 2.75) is 4.90 Å². The number of anilines is 3. The molecule has 0 aliphatic heterocycles. The van der Waals surface area contributed by atoms with Crippen LogP contribution >= 0.6 is 0 Å². The lowest BCUT2D eigenvalue weighted by Crippen LogP contribution is -2.11. The van der Waals surface area contributed by atoms with Crippen molar-refractivity contribution in [1.29, 1.82) is 0 Å². The van der Waals surface area contributed by atoms with Gasteiger partial charge >= 0.3 is 0 Å². The Morgan fingerprint density at radius 3 is 2.22 bits per heavy atom. The van der Waals surface area contributed by atoms with Crippen LogP contribution in [-0.2, 0) is 10.0 Å². The van der Waals surface area contributed by atoms with Crippen molar-refractivity contribution in [3.8, 4) is 0 Å². The number of nitrogens with two attached hydrogens (primary N) is 1. The average molecular weight is 378 g/mol. The van der Waals surface area contributed by atoms with Crippen LogP contribution in [0.15, 0.2) is 71.6 Å². The lowest BCUT2D eigenvalue weighted by atomic mass is 10.1. The predicted molar refractivity (Wildman–Crippen MR) is 110 cm³/mol. The Balaban J connectivity index is 1.88. The van der Waals surface area contributed by atoms with Crippen LogP contribution in [0.5, 0.6) is 0 Å². The summed E-state index contributed by atoms with van der Waals surface area (Å²) in [5.41, 5.74) is 4.40. The monoisotopic (exact) mass is 378 g/mol. The van der Waals surface area contributed by atoms with Crippen LogP contribution in [0.25, 0.3) is 21.8 Å². The maximum Gasteiger partial charge on any atom is 0.238 e. The highest BCUT2D eigenvalue weighted by Gasteiger charge is 2.11. The van der Waals surface area contributed by atoms with Crippen molar-refractivity contribution >= 4 is 48.9 Å². The van der Waals surface area contributed by atoms with Crippen LogP contribution < -0.4 is 15.8 Å². The topological polar surface area (TPSA) is 97.1 Å². The molecule has 0 fully saturated rings. The number of pyridine rings is 1. The van der Waals surface area contributed by atoms with Gasteiger partial charge < -0.3 is 10.6 Å². The molecule has 7 heteroatoms. The number of rotatable bonds is 4. The zero-order chi connectivity index (χ0) is 19.0. The number of nitrogens with one attached hydrogen (secondary N) is 2. The summed E-state index contributed by atoms with van der Waals surface area (Å²) in [6.45, 7) is 0. The molecule has 3 aromatic carbocycles. The van der Waals surface area contributed by atoms with Gasteiger partial charge in [-0.15, -0.1) is 0 Å². The van der Waals surface area contributed by atoms with Crippen LogP contribution in [0.4, 0.5) is 17.1 Å². The van der Waals surface area contributed by atoms with Gasteiger partial charge in [0.1, 0.15) is 0 Å². The molecule has 0 bridgehead atoms. The standard InChI is InChI=1S/C20H18N4O2S/c1-22-14-8-11-17-19(12-14)24-18-5-3-2-4-16(18)20(17)23-13-6-9-15(10-7-13)27(21,25)26/h2-12,22H,1H3,(H,23,24)(H2,21,25,26). The molecule has 0 aliphatic rings. The summed E-state index contributed by atoms with van der Waals surface area (Å²) < 4.78 is 22.9. The molecular weight excluding hydrogens is 360 g/mol. The summed E-state index contributed by atoms with van der Waals surface area (Å²) in [5, 5.41) is 13.7. The Kier molecular flexibility index (Phi) is 4.18. The lowest BCUT2D eigenvalue weighted by Gasteiger charge is -2.14. The van der Waals surface area contributed by atoms with E-state index >= 15 is 0 Å². The van der Waals surface area contributed by atoms with Gasteiger partial charge in [0.2, 0.25) is 10.0 Å². The van der Waals surface area contributed by atoms with Gasteiger partial charge in [0, 0.05) is 29.2 Å². The predicted octanol–water partition coefficient (Wildman–Crippen LogP) is 3.82. The van der Waals surface area contributed by atoms with Gasteiger partial charge in [-0.05, 0) is 48.5 Å². The molecule has 0 saturated heterocycles. The summed E-state index contributed by atoms with van der Waals surface area (Å²) in [6, 6.07) is 20.3. The molecule has 0 radical (unpaired) electrons. The number of fused-ring (bicyclic) bond motifs is 2. The number of para-hydroxylation sites is 1. The van der Waals surface area contributed by atoms with Crippen molar-refractivity contribution in [3.63, 3.8) is 0 Å². The van der Waals surface area contributed by atoms with E-state index in [9.17, 15) is 8.42 Å². The van der Waals surface area contributed by atoms with Gasteiger partial charge in [0.15, 0.2) is 0 Å². The Bertz CT molecular complexity index is 1250. The largest absolute Gasteiger partial charge is 0.388 e. The average Bonchev–Trinajstić information content (AvgIpc) is 2.67. The van der Waals surface area contributed by atoms with E-state index < -0.39 is 10.0 Å². The normalized spacial score (nSPS) is 11.6. The quantitative estimate of drug-likeness (QED) is 0.469. The number of aromatic nitrogens is 1. The molecule has 6 nitrogen and oxygen atoms in total. The smallest absolute Gasteiger partial charge is 0.238 e. The highest BCUT2D eigenvalue weighted by molar-refractivity contribution is 7.89. The lowest BCUT2D eigenvalue weighted by molar-refractivity contribution is 0.598. The van der Waals surface area contributed by atoms with Gasteiger partial charge in [-0.25, -0.2) is 18.5 Å². The molecule has 4 aromatic rings. The first-order valence-corrected chi connectivity index (χ1v) is 9.90. The summed E-state index contributed by atoms with van der Waals surface area (Å²) in [4.78, 5) is 4.84. The number of benzene rings is 3. The molecule has 4 rings (SSSR count). The maximum absolute atomic E-state index is 11.5. The van der Waals surface area contributed by atoms with E-state index in [2.05, 4.69) is 10.6 Å². The summed E-state index contributed by atoms with van der Waals surface area (Å²) in [5.74, 6) is 0. The van der Waals surface area contributed by atoms with E-state index in [-0.39, 0.29) is 4.90 Å². The summed E-state index contributed by atoms with van der Waals surface area (Å²) in [6.07, 6.45) is 0. The molecule has 27 heavy (non-hydrogen) atoms. The minimum absolute atomic E-state index is 0.0798. The fourth-order valence-corrected chi connectivity index (χ4v) is 3.57. The van der Waals surface area contributed by atoms with Crippen LogP contribution in [0.3, 0.4) is 0 Å². The molecule has 0 amide bonds. The number of nitrogens with zero attached hydrogens (tertiary/aromatic N) is 1. The molecule has 1 heterocycles. The summed E-state index contributed by atoms with van der Waals surface area (Å²) in [7, 11) is -1.84. The Labute approximate surface area is 157 Å². The maximum atomic E-state index is 11.5. The highest BCUT2D eigenvalue weighted by atomic mass is 32.2. The fourth-order valence-electron chi connectivity index (χ4n) is 3.06. The van der Waals surface area contributed by atoms with Crippen LogP contribution in [0.1, 0.15) is 0 Å². The van der Waals surface area contributed by atoms with Gasteiger partial charge in [0.05, 0.1) is 21.6 Å². The van der Waals surface area contributed by atoms with E-state index in [0.29, 0.717) is 0 Å². The molecule has 0 saturated carbocycles. The molecule has 136 valence electrons. The van der Waals surface area contributed by atoms with E-state index in [1.807, 2.05) is 49.5 Å². The van der Waals surface area contributed by atoms with Crippen molar-refractivity contribution in [1.82, 2.24) is 4.98 Å². The number of sulfonamides is 1. The van der Waals surface area contributed by atoms with Crippen molar-refractivity contribution in [3.05, 3.63) is 66.7 Å². The highest BCUT2D eigenvalue weighted by Crippen LogP contribution is 2.34. The number of primary sulfonamides is 1. The number of hydrogen-bond donors (Lipinski definition) is 3. The zero-order valence-corrected chi connectivity index (χ0v) is 15.4. The number of hydrogen-bond acceptors (Lipinski definition) is 5. The second-order valence-electron chi connectivity index (χ2n) is 6.18. The van der Waals surface area contributed by atoms with Gasteiger partial charge in [-0.2, -0.15) is 0 Å². The molecule has 4 N–H and O–H groups in total. The van der Waals surface area contributed by atoms with Gasteiger partial charge in [-0.3, -0.25) is 0 Å². The third-order valence-corrected chi connectivity index (χ3v) is 5.35. The van der Waals surface area contributed by atoms with Gasteiger partial charge in [-0.1, -0.05) is 18.2 Å². The first kappa shape index (κ1) is 17.3. The second-order valence-corrected chi connectivity index (χ2v) is 7.74. The summed E-state index contributed by atoms with van der Waals surface area (Å²) >= 11 is 0. The van der Waals surface area contributed by atoms with E-state index in [0.717, 1.165) is 38.9 Å².